The number of anilines is 3. The van der Waals surface area contributed by atoms with Crippen LogP contribution in [-0.4, -0.2) is 46.1 Å². The fourth-order valence-corrected chi connectivity index (χ4v) is 3.81. The average Bonchev–Trinajstić information content (AvgIpc) is 3.20. The van der Waals surface area contributed by atoms with Crippen molar-refractivity contribution in [3.63, 3.8) is 0 Å². The number of rotatable bonds is 4. The molecule has 3 N–H and O–H groups in total. The number of hydrogen-bond donors (Lipinski definition) is 3. The summed E-state index contributed by atoms with van der Waals surface area (Å²) in [5.41, 5.74) is 2.63. The van der Waals surface area contributed by atoms with Gasteiger partial charge >= 0.3 is 0 Å². The zero-order chi connectivity index (χ0) is 20.5. The van der Waals surface area contributed by atoms with Crippen molar-refractivity contribution in [2.75, 3.05) is 36.4 Å². The van der Waals surface area contributed by atoms with E-state index >= 15 is 0 Å². The van der Waals surface area contributed by atoms with E-state index in [0.29, 0.717) is 28.0 Å². The van der Waals surface area contributed by atoms with Crippen molar-refractivity contribution >= 4 is 40.0 Å². The summed E-state index contributed by atoms with van der Waals surface area (Å²) >= 11 is 6.19. The van der Waals surface area contributed by atoms with Crippen LogP contribution < -0.4 is 15.5 Å². The average molecular weight is 424 g/mol. The van der Waals surface area contributed by atoms with Crippen LogP contribution in [0, 0.1) is 5.82 Å². The van der Waals surface area contributed by atoms with Crippen LogP contribution in [-0.2, 0) is 0 Å². The summed E-state index contributed by atoms with van der Waals surface area (Å²) in [6.07, 6.45) is 3.51. The van der Waals surface area contributed by atoms with Gasteiger partial charge in [0, 0.05) is 32.4 Å². The number of nitrogens with one attached hydrogen (secondary N) is 3. The van der Waals surface area contributed by atoms with E-state index in [1.165, 1.54) is 6.07 Å². The van der Waals surface area contributed by atoms with E-state index in [2.05, 4.69) is 35.5 Å². The molecule has 1 aromatic carbocycles. The molecule has 7 nitrogen and oxygen atoms in total. The van der Waals surface area contributed by atoms with Gasteiger partial charge in [-0.25, -0.2) is 19.3 Å². The smallest absolute Gasteiger partial charge is 0.159 e. The minimum absolute atomic E-state index is 0.236. The molecule has 0 amide bonds. The van der Waals surface area contributed by atoms with Crippen LogP contribution in [0.3, 0.4) is 0 Å². The monoisotopic (exact) mass is 423 g/mol. The maximum absolute atomic E-state index is 14.3. The molecular weight excluding hydrogens is 405 g/mol. The number of fused-ring (bicyclic) bond motifs is 1. The fourth-order valence-electron chi connectivity index (χ4n) is 3.56. The van der Waals surface area contributed by atoms with Gasteiger partial charge in [-0.1, -0.05) is 17.7 Å². The first-order chi connectivity index (χ1) is 14.7. The van der Waals surface area contributed by atoms with Crippen molar-refractivity contribution in [3.05, 3.63) is 59.6 Å². The predicted octanol–water partition coefficient (Wildman–Crippen LogP) is 3.97. The van der Waals surface area contributed by atoms with Gasteiger partial charge < -0.3 is 20.5 Å². The third-order valence-electron chi connectivity index (χ3n) is 5.08. The summed E-state index contributed by atoms with van der Waals surface area (Å²) in [4.78, 5) is 18.9. The van der Waals surface area contributed by atoms with E-state index in [4.69, 9.17) is 11.6 Å². The minimum atomic E-state index is -0.436. The van der Waals surface area contributed by atoms with Gasteiger partial charge in [0.05, 0.1) is 28.0 Å². The molecule has 1 aliphatic rings. The highest BCUT2D eigenvalue weighted by molar-refractivity contribution is 6.33. The first-order valence-electron chi connectivity index (χ1n) is 9.67. The van der Waals surface area contributed by atoms with Gasteiger partial charge in [0.1, 0.15) is 23.0 Å². The Balaban J connectivity index is 1.44. The second kappa shape index (κ2) is 7.89. The lowest BCUT2D eigenvalue weighted by molar-refractivity contribution is 0.589. The van der Waals surface area contributed by atoms with Crippen molar-refractivity contribution < 1.29 is 4.39 Å². The number of halogens is 2. The maximum Gasteiger partial charge on any atom is 0.159 e. The van der Waals surface area contributed by atoms with Crippen LogP contribution in [0.1, 0.15) is 0 Å². The molecule has 4 aromatic rings. The molecule has 0 saturated carbocycles. The number of H-pyrrole nitrogens is 1. The highest BCUT2D eigenvalue weighted by atomic mass is 35.5. The molecule has 0 radical (unpaired) electrons. The number of pyridine rings is 2. The maximum atomic E-state index is 14.3. The van der Waals surface area contributed by atoms with Gasteiger partial charge in [0.2, 0.25) is 0 Å². The minimum Gasteiger partial charge on any atom is -0.368 e. The Kier molecular flexibility index (Phi) is 4.94. The summed E-state index contributed by atoms with van der Waals surface area (Å²) in [5.74, 6) is 1.10. The molecule has 0 unspecified atom stereocenters. The van der Waals surface area contributed by atoms with Crippen molar-refractivity contribution in [2.45, 2.75) is 0 Å². The number of benzene rings is 1. The van der Waals surface area contributed by atoms with E-state index in [1.807, 2.05) is 18.3 Å². The molecule has 0 bridgehead atoms. The van der Waals surface area contributed by atoms with Crippen LogP contribution in [0.2, 0.25) is 5.02 Å². The summed E-state index contributed by atoms with van der Waals surface area (Å²) in [6.45, 7) is 3.87. The van der Waals surface area contributed by atoms with Crippen LogP contribution in [0.15, 0.2) is 48.8 Å². The zero-order valence-corrected chi connectivity index (χ0v) is 16.7. The third-order valence-corrected chi connectivity index (χ3v) is 5.39. The zero-order valence-electron chi connectivity index (χ0n) is 16.0. The highest BCUT2D eigenvalue weighted by Gasteiger charge is 2.16. The molecule has 0 spiro atoms. The topological polar surface area (TPSA) is 81.8 Å². The van der Waals surface area contributed by atoms with Crippen LogP contribution in [0.4, 0.5) is 21.7 Å². The predicted molar refractivity (Wildman–Crippen MR) is 117 cm³/mol. The summed E-state index contributed by atoms with van der Waals surface area (Å²) < 4.78 is 14.3. The molecule has 1 fully saturated rings. The Morgan fingerprint density at radius 3 is 2.70 bits per heavy atom. The van der Waals surface area contributed by atoms with Crippen molar-refractivity contribution in [1.29, 1.82) is 0 Å². The molecule has 3 aromatic heterocycles. The fraction of sp³-hybridized carbons (Fsp3) is 0.190. The molecule has 4 heterocycles. The van der Waals surface area contributed by atoms with E-state index in [9.17, 15) is 4.39 Å². The van der Waals surface area contributed by atoms with Gasteiger partial charge in [0.15, 0.2) is 5.82 Å². The molecule has 5 rings (SSSR count). The van der Waals surface area contributed by atoms with Crippen LogP contribution in [0.5, 0.6) is 0 Å². The van der Waals surface area contributed by atoms with E-state index in [0.717, 1.165) is 37.4 Å². The Morgan fingerprint density at radius 1 is 1.07 bits per heavy atom. The number of imidazole rings is 1. The van der Waals surface area contributed by atoms with Crippen LogP contribution in [0.25, 0.3) is 22.4 Å². The molecule has 30 heavy (non-hydrogen) atoms. The Hall–Kier alpha value is -3.23. The summed E-state index contributed by atoms with van der Waals surface area (Å²) in [7, 11) is 0. The summed E-state index contributed by atoms with van der Waals surface area (Å²) in [6, 6.07) is 10.3. The molecule has 1 saturated heterocycles. The van der Waals surface area contributed by atoms with Crippen molar-refractivity contribution in [2.24, 2.45) is 0 Å². The van der Waals surface area contributed by atoms with E-state index in [-0.39, 0.29) is 5.56 Å². The lowest BCUT2D eigenvalue weighted by atomic mass is 10.2. The van der Waals surface area contributed by atoms with Gasteiger partial charge in [-0.2, -0.15) is 0 Å². The molecule has 0 aliphatic carbocycles. The largest absolute Gasteiger partial charge is 0.368 e. The lowest BCUT2D eigenvalue weighted by Gasteiger charge is -2.29. The first-order valence-corrected chi connectivity index (χ1v) is 10.0. The first kappa shape index (κ1) is 18.8. The SMILES string of the molecule is Fc1cccc(Cl)c1-c1nc2c(Nc3ccc(N4CCNCC4)cn3)nccc2[nH]1. The number of nitrogens with zero attached hydrogens (tertiary/aromatic N) is 4. The Labute approximate surface area is 177 Å². The van der Waals surface area contributed by atoms with Crippen molar-refractivity contribution in [1.82, 2.24) is 25.3 Å². The number of aromatic nitrogens is 4. The molecule has 152 valence electrons. The number of hydrogen-bond acceptors (Lipinski definition) is 6. The standard InChI is InChI=1S/C21H19ClFN7/c22-14-2-1-3-15(23)18(14)20-27-16-6-7-25-21(19(16)29-20)28-17-5-4-13(12-26-17)30-10-8-24-9-11-30/h1-7,12,24H,8-11H2,(H,27,29)(H,25,26,28). The highest BCUT2D eigenvalue weighted by Crippen LogP contribution is 2.31. The van der Waals surface area contributed by atoms with E-state index in [1.54, 1.807) is 24.4 Å². The molecule has 1 aliphatic heterocycles. The van der Waals surface area contributed by atoms with Crippen molar-refractivity contribution in [3.8, 4) is 11.4 Å². The van der Waals surface area contributed by atoms with E-state index < -0.39 is 5.82 Å². The van der Waals surface area contributed by atoms with Gasteiger partial charge in [-0.05, 0) is 30.3 Å². The quantitative estimate of drug-likeness (QED) is 0.461. The lowest BCUT2D eigenvalue weighted by Crippen LogP contribution is -2.43. The van der Waals surface area contributed by atoms with Gasteiger partial charge in [0.25, 0.3) is 0 Å². The van der Waals surface area contributed by atoms with Gasteiger partial charge in [-0.15, -0.1) is 0 Å². The van der Waals surface area contributed by atoms with Crippen LogP contribution >= 0.6 is 11.6 Å². The molecule has 0 atom stereocenters. The normalized spacial score (nSPS) is 14.3. The Morgan fingerprint density at radius 2 is 1.93 bits per heavy atom. The molecule has 9 heteroatoms. The third kappa shape index (κ3) is 3.55. The second-order valence-corrected chi connectivity index (χ2v) is 7.41. The number of aromatic amines is 1. The number of piperazine rings is 1. The Bertz CT molecular complexity index is 1170. The second-order valence-electron chi connectivity index (χ2n) is 7.00. The molecular formula is C21H19ClFN7. The van der Waals surface area contributed by atoms with Gasteiger partial charge in [-0.3, -0.25) is 0 Å². The summed E-state index contributed by atoms with van der Waals surface area (Å²) in [5, 5.41) is 6.84.